The molecule has 0 fully saturated rings. The molecule has 0 unspecified atom stereocenters. The van der Waals surface area contributed by atoms with Gasteiger partial charge in [0, 0.05) is 5.56 Å². The molecule has 0 saturated carbocycles. The van der Waals surface area contributed by atoms with E-state index in [1.54, 1.807) is 72.8 Å². The fourth-order valence-electron chi connectivity index (χ4n) is 2.75. The van der Waals surface area contributed by atoms with Gasteiger partial charge in [0.15, 0.2) is 5.78 Å². The molecule has 0 heterocycles. The summed E-state index contributed by atoms with van der Waals surface area (Å²) in [5, 5.41) is 0.302. The molecule has 3 rings (SSSR count). The van der Waals surface area contributed by atoms with E-state index in [-0.39, 0.29) is 11.3 Å². The summed E-state index contributed by atoms with van der Waals surface area (Å²) in [6.07, 6.45) is 2.97. The van der Waals surface area contributed by atoms with Gasteiger partial charge in [-0.2, -0.15) is 0 Å². The van der Waals surface area contributed by atoms with Gasteiger partial charge in [-0.05, 0) is 48.6 Å². The third-order valence-corrected chi connectivity index (χ3v) is 4.63. The summed E-state index contributed by atoms with van der Waals surface area (Å²) in [7, 11) is 3.02. The van der Waals surface area contributed by atoms with E-state index in [0.29, 0.717) is 33.4 Å². The molecule has 5 nitrogen and oxygen atoms in total. The van der Waals surface area contributed by atoms with E-state index in [1.165, 1.54) is 20.3 Å². The summed E-state index contributed by atoms with van der Waals surface area (Å²) < 4.78 is 15.9. The highest BCUT2D eigenvalue weighted by Crippen LogP contribution is 2.26. The van der Waals surface area contributed by atoms with E-state index >= 15 is 0 Å². The number of carbonyl (C=O) groups excluding carboxylic acids is 2. The molecule has 0 bridgehead atoms. The van der Waals surface area contributed by atoms with Crippen LogP contribution in [-0.4, -0.2) is 26.0 Å². The Hall–Kier alpha value is -3.57. The Labute approximate surface area is 179 Å². The minimum absolute atomic E-state index is 0.259. The average molecular weight is 423 g/mol. The average Bonchev–Trinajstić information content (AvgIpc) is 2.78. The number of benzene rings is 3. The number of hydrogen-bond acceptors (Lipinski definition) is 5. The Morgan fingerprint density at radius 3 is 2.30 bits per heavy atom. The lowest BCUT2D eigenvalue weighted by atomic mass is 10.1. The number of ether oxygens (including phenoxy) is 3. The second-order valence-corrected chi connectivity index (χ2v) is 6.58. The Morgan fingerprint density at radius 1 is 0.833 bits per heavy atom. The van der Waals surface area contributed by atoms with Gasteiger partial charge < -0.3 is 14.2 Å². The summed E-state index contributed by atoms with van der Waals surface area (Å²) in [5.41, 5.74) is 1.18. The third-order valence-electron chi connectivity index (χ3n) is 4.30. The summed E-state index contributed by atoms with van der Waals surface area (Å²) in [4.78, 5) is 25.2. The van der Waals surface area contributed by atoms with E-state index < -0.39 is 5.97 Å². The topological polar surface area (TPSA) is 61.8 Å². The highest BCUT2D eigenvalue weighted by molar-refractivity contribution is 6.33. The van der Waals surface area contributed by atoms with Crippen molar-refractivity contribution in [3.8, 4) is 17.2 Å². The van der Waals surface area contributed by atoms with Gasteiger partial charge in [0.1, 0.15) is 17.2 Å². The number of esters is 1. The van der Waals surface area contributed by atoms with Crippen molar-refractivity contribution in [1.82, 2.24) is 0 Å². The molecule has 0 N–H and O–H groups in total. The first-order valence-corrected chi connectivity index (χ1v) is 9.41. The summed E-state index contributed by atoms with van der Waals surface area (Å²) in [6, 6.07) is 18.5. The van der Waals surface area contributed by atoms with Crippen molar-refractivity contribution < 1.29 is 23.8 Å². The molecule has 0 atom stereocenters. The normalized spacial score (nSPS) is 10.6. The van der Waals surface area contributed by atoms with Crippen molar-refractivity contribution in [3.05, 3.63) is 94.5 Å². The van der Waals surface area contributed by atoms with Crippen LogP contribution in [0.4, 0.5) is 0 Å². The first kappa shape index (κ1) is 21.1. The van der Waals surface area contributed by atoms with Gasteiger partial charge in [-0.1, -0.05) is 41.9 Å². The largest absolute Gasteiger partial charge is 0.497 e. The SMILES string of the molecule is COc1ccc(OC)c(C(=O)C=Cc2ccccc2OC(=O)c2ccccc2Cl)c1. The van der Waals surface area contributed by atoms with Crippen molar-refractivity contribution in [2.75, 3.05) is 14.2 Å². The highest BCUT2D eigenvalue weighted by Gasteiger charge is 2.15. The molecule has 0 radical (unpaired) electrons. The summed E-state index contributed by atoms with van der Waals surface area (Å²) in [5.74, 6) is 0.426. The maximum atomic E-state index is 12.7. The molecule has 0 spiro atoms. The van der Waals surface area contributed by atoms with Gasteiger partial charge in [-0.25, -0.2) is 4.79 Å². The molecule has 0 aromatic heterocycles. The van der Waals surface area contributed by atoms with Crippen LogP contribution in [0.5, 0.6) is 17.2 Å². The second-order valence-electron chi connectivity index (χ2n) is 6.17. The molecule has 0 amide bonds. The Bertz CT molecular complexity index is 1100. The number of allylic oxidation sites excluding steroid dienone is 1. The van der Waals surface area contributed by atoms with E-state index in [9.17, 15) is 9.59 Å². The van der Waals surface area contributed by atoms with Crippen molar-refractivity contribution in [1.29, 1.82) is 0 Å². The van der Waals surface area contributed by atoms with Crippen molar-refractivity contribution in [2.24, 2.45) is 0 Å². The number of halogens is 1. The Morgan fingerprint density at radius 2 is 1.57 bits per heavy atom. The minimum atomic E-state index is -0.581. The smallest absolute Gasteiger partial charge is 0.345 e. The predicted molar refractivity (Wildman–Crippen MR) is 116 cm³/mol. The molecule has 30 heavy (non-hydrogen) atoms. The molecule has 3 aromatic rings. The molecule has 0 aliphatic heterocycles. The zero-order valence-electron chi connectivity index (χ0n) is 16.4. The number of hydrogen-bond donors (Lipinski definition) is 0. The number of rotatable bonds is 7. The van der Waals surface area contributed by atoms with E-state index in [2.05, 4.69) is 0 Å². The molecule has 3 aromatic carbocycles. The van der Waals surface area contributed by atoms with E-state index in [0.717, 1.165) is 0 Å². The zero-order chi connectivity index (χ0) is 21.5. The number of carbonyl (C=O) groups is 2. The fraction of sp³-hybridized carbons (Fsp3) is 0.0833. The van der Waals surface area contributed by atoms with E-state index in [1.807, 2.05) is 0 Å². The minimum Gasteiger partial charge on any atom is -0.497 e. The van der Waals surface area contributed by atoms with Crippen LogP contribution in [0.3, 0.4) is 0 Å². The van der Waals surface area contributed by atoms with Crippen LogP contribution >= 0.6 is 11.6 Å². The lowest BCUT2D eigenvalue weighted by Crippen LogP contribution is -2.09. The van der Waals surface area contributed by atoms with Gasteiger partial charge >= 0.3 is 5.97 Å². The molecular weight excluding hydrogens is 404 g/mol. The van der Waals surface area contributed by atoms with Gasteiger partial charge in [-0.3, -0.25) is 4.79 Å². The Kier molecular flexibility index (Phi) is 6.88. The first-order valence-electron chi connectivity index (χ1n) is 9.03. The van der Waals surface area contributed by atoms with Crippen LogP contribution < -0.4 is 14.2 Å². The van der Waals surface area contributed by atoms with Gasteiger partial charge in [0.2, 0.25) is 0 Å². The van der Waals surface area contributed by atoms with Crippen molar-refractivity contribution in [2.45, 2.75) is 0 Å². The third kappa shape index (κ3) is 4.88. The summed E-state index contributed by atoms with van der Waals surface area (Å²) >= 11 is 6.07. The maximum absolute atomic E-state index is 12.7. The number of para-hydroxylation sites is 1. The summed E-state index contributed by atoms with van der Waals surface area (Å²) in [6.45, 7) is 0. The van der Waals surface area contributed by atoms with Crippen LogP contribution in [-0.2, 0) is 0 Å². The molecule has 0 saturated heterocycles. The molecule has 0 aliphatic rings. The monoisotopic (exact) mass is 422 g/mol. The quantitative estimate of drug-likeness (QED) is 0.218. The lowest BCUT2D eigenvalue weighted by Gasteiger charge is -2.09. The molecule has 152 valence electrons. The fourth-order valence-corrected chi connectivity index (χ4v) is 2.97. The molecular formula is C24H19ClO5. The van der Waals surface area contributed by atoms with Crippen LogP contribution in [0.15, 0.2) is 72.8 Å². The lowest BCUT2D eigenvalue weighted by molar-refractivity contribution is 0.0734. The predicted octanol–water partition coefficient (Wildman–Crippen LogP) is 5.47. The maximum Gasteiger partial charge on any atom is 0.345 e. The van der Waals surface area contributed by atoms with Crippen LogP contribution in [0.2, 0.25) is 5.02 Å². The number of methoxy groups -OCH3 is 2. The van der Waals surface area contributed by atoms with Crippen molar-refractivity contribution in [3.63, 3.8) is 0 Å². The standard InChI is InChI=1S/C24H19ClO5/c1-28-17-12-14-23(29-2)19(15-17)21(26)13-11-16-7-3-6-10-22(16)30-24(27)18-8-4-5-9-20(18)25/h3-15H,1-2H3. The molecule has 6 heteroatoms. The highest BCUT2D eigenvalue weighted by atomic mass is 35.5. The van der Waals surface area contributed by atoms with Gasteiger partial charge in [-0.15, -0.1) is 0 Å². The van der Waals surface area contributed by atoms with Crippen LogP contribution in [0, 0.1) is 0 Å². The van der Waals surface area contributed by atoms with Gasteiger partial charge in [0.05, 0.1) is 30.4 Å². The second kappa shape index (κ2) is 9.76. The first-order chi connectivity index (χ1) is 14.5. The Balaban J connectivity index is 1.84. The van der Waals surface area contributed by atoms with Gasteiger partial charge in [0.25, 0.3) is 0 Å². The van der Waals surface area contributed by atoms with Crippen LogP contribution in [0.25, 0.3) is 6.08 Å². The number of ketones is 1. The van der Waals surface area contributed by atoms with E-state index in [4.69, 9.17) is 25.8 Å². The molecule has 0 aliphatic carbocycles. The van der Waals surface area contributed by atoms with Crippen LogP contribution in [0.1, 0.15) is 26.3 Å². The zero-order valence-corrected chi connectivity index (χ0v) is 17.2. The van der Waals surface area contributed by atoms with Crippen molar-refractivity contribution >= 4 is 29.4 Å².